The number of rotatable bonds is 4. The van der Waals surface area contributed by atoms with Crippen molar-refractivity contribution in [3.05, 3.63) is 56.9 Å². The molecule has 0 saturated heterocycles. The number of nitrogens with zero attached hydrogens (tertiary/aromatic N) is 3. The summed E-state index contributed by atoms with van der Waals surface area (Å²) < 4.78 is 0. The molecule has 0 fully saturated rings. The van der Waals surface area contributed by atoms with Gasteiger partial charge < -0.3 is 10.6 Å². The lowest BCUT2D eigenvalue weighted by Gasteiger charge is -2.08. The van der Waals surface area contributed by atoms with Crippen molar-refractivity contribution >= 4 is 57.1 Å². The molecule has 0 unspecified atom stereocenters. The molecule has 3 aromatic rings. The molecule has 25 heavy (non-hydrogen) atoms. The van der Waals surface area contributed by atoms with Crippen LogP contribution in [0.4, 0.5) is 16.6 Å². The second-order valence-electron chi connectivity index (χ2n) is 5.16. The van der Waals surface area contributed by atoms with Crippen molar-refractivity contribution in [3.63, 3.8) is 0 Å². The molecule has 0 radical (unpaired) electrons. The van der Waals surface area contributed by atoms with Gasteiger partial charge in [-0.05, 0) is 25.5 Å². The molecule has 6 nitrogen and oxygen atoms in total. The van der Waals surface area contributed by atoms with E-state index in [0.29, 0.717) is 37.5 Å². The average molecular weight is 394 g/mol. The Labute approximate surface area is 158 Å². The summed E-state index contributed by atoms with van der Waals surface area (Å²) in [5.74, 6) is 0.776. The van der Waals surface area contributed by atoms with Crippen LogP contribution in [0.3, 0.4) is 0 Å². The minimum atomic E-state index is -0.279. The SMILES string of the molecule is Cc1nc(Cl)cc(Nc2ncc(C(=O)Nc3c(C)cccc3Cl)s2)n1. The topological polar surface area (TPSA) is 79.8 Å². The number of amides is 1. The van der Waals surface area contributed by atoms with Crippen LogP contribution >= 0.6 is 34.5 Å². The summed E-state index contributed by atoms with van der Waals surface area (Å²) in [4.78, 5) is 25.3. The molecule has 1 amide bonds. The van der Waals surface area contributed by atoms with Gasteiger partial charge in [0.05, 0.1) is 16.9 Å². The highest BCUT2D eigenvalue weighted by Crippen LogP contribution is 2.28. The Morgan fingerprint density at radius 3 is 2.72 bits per heavy atom. The van der Waals surface area contributed by atoms with Crippen molar-refractivity contribution in [3.8, 4) is 0 Å². The number of anilines is 3. The fraction of sp³-hybridized carbons (Fsp3) is 0.125. The van der Waals surface area contributed by atoms with E-state index in [2.05, 4.69) is 25.6 Å². The Bertz CT molecular complexity index is 904. The number of nitrogens with one attached hydrogen (secondary N) is 2. The first-order valence-electron chi connectivity index (χ1n) is 7.23. The monoisotopic (exact) mass is 393 g/mol. The van der Waals surface area contributed by atoms with Crippen molar-refractivity contribution in [1.82, 2.24) is 15.0 Å². The molecule has 128 valence electrons. The Hall–Kier alpha value is -2.22. The molecular weight excluding hydrogens is 381 g/mol. The molecule has 0 aliphatic heterocycles. The first-order chi connectivity index (χ1) is 11.9. The van der Waals surface area contributed by atoms with E-state index < -0.39 is 0 Å². The molecule has 0 bridgehead atoms. The number of hydrogen-bond acceptors (Lipinski definition) is 6. The molecule has 9 heteroatoms. The summed E-state index contributed by atoms with van der Waals surface area (Å²) in [7, 11) is 0. The van der Waals surface area contributed by atoms with Crippen LogP contribution in [0.25, 0.3) is 0 Å². The predicted octanol–water partition coefficient (Wildman–Crippen LogP) is 4.85. The van der Waals surface area contributed by atoms with Crippen LogP contribution in [-0.4, -0.2) is 20.9 Å². The van der Waals surface area contributed by atoms with Gasteiger partial charge in [-0.3, -0.25) is 4.79 Å². The number of aromatic nitrogens is 3. The third-order valence-corrected chi connectivity index (χ3v) is 4.65. The summed E-state index contributed by atoms with van der Waals surface area (Å²) in [6.07, 6.45) is 1.49. The van der Waals surface area contributed by atoms with Gasteiger partial charge in [-0.15, -0.1) is 0 Å². The van der Waals surface area contributed by atoms with Gasteiger partial charge in [0.25, 0.3) is 5.91 Å². The predicted molar refractivity (Wildman–Crippen MR) is 101 cm³/mol. The molecule has 3 rings (SSSR count). The Morgan fingerprint density at radius 2 is 2.00 bits per heavy atom. The lowest BCUT2D eigenvalue weighted by Crippen LogP contribution is -2.11. The number of thiazole rings is 1. The molecule has 2 heterocycles. The van der Waals surface area contributed by atoms with Crippen LogP contribution in [0.15, 0.2) is 30.5 Å². The van der Waals surface area contributed by atoms with Crippen molar-refractivity contribution in [2.75, 3.05) is 10.6 Å². The van der Waals surface area contributed by atoms with Gasteiger partial charge in [-0.1, -0.05) is 46.7 Å². The first kappa shape index (κ1) is 17.6. The molecule has 0 saturated carbocycles. The molecule has 0 aliphatic rings. The lowest BCUT2D eigenvalue weighted by atomic mass is 10.2. The third kappa shape index (κ3) is 4.25. The van der Waals surface area contributed by atoms with Gasteiger partial charge >= 0.3 is 0 Å². The number of carbonyl (C=O) groups excluding carboxylic acids is 1. The van der Waals surface area contributed by atoms with Gasteiger partial charge in [-0.2, -0.15) is 0 Å². The maximum atomic E-state index is 12.4. The van der Waals surface area contributed by atoms with Crippen molar-refractivity contribution < 1.29 is 4.79 Å². The quantitative estimate of drug-likeness (QED) is 0.619. The van der Waals surface area contributed by atoms with Crippen LogP contribution in [-0.2, 0) is 0 Å². The number of para-hydroxylation sites is 1. The van der Waals surface area contributed by atoms with Gasteiger partial charge in [0.2, 0.25) is 0 Å². The van der Waals surface area contributed by atoms with Gasteiger partial charge in [0.1, 0.15) is 21.7 Å². The standard InChI is InChI=1S/C16H13Cl2N5OS/c1-8-4-3-5-10(17)14(8)23-15(24)11-7-19-16(25-11)22-13-6-12(18)20-9(2)21-13/h3-7H,1-2H3,(H,23,24)(H,19,20,21,22). The van der Waals surface area contributed by atoms with E-state index in [1.165, 1.54) is 17.5 Å². The van der Waals surface area contributed by atoms with Crippen molar-refractivity contribution in [2.24, 2.45) is 0 Å². The highest BCUT2D eigenvalue weighted by atomic mass is 35.5. The van der Waals surface area contributed by atoms with Crippen LogP contribution in [0.5, 0.6) is 0 Å². The minimum absolute atomic E-state index is 0.279. The zero-order valence-electron chi connectivity index (χ0n) is 13.3. The van der Waals surface area contributed by atoms with Crippen molar-refractivity contribution in [1.29, 1.82) is 0 Å². The Kier molecular flexibility index (Phi) is 5.17. The summed E-state index contributed by atoms with van der Waals surface area (Å²) in [5, 5.41) is 7.17. The number of aryl methyl sites for hydroxylation is 2. The fourth-order valence-corrected chi connectivity index (χ4v) is 3.32. The normalized spacial score (nSPS) is 10.6. The smallest absolute Gasteiger partial charge is 0.267 e. The first-order valence-corrected chi connectivity index (χ1v) is 8.80. The average Bonchev–Trinajstić information content (AvgIpc) is 2.98. The van der Waals surface area contributed by atoms with E-state index in [9.17, 15) is 4.79 Å². The maximum absolute atomic E-state index is 12.4. The molecule has 1 aromatic carbocycles. The largest absolute Gasteiger partial charge is 0.320 e. The molecule has 0 spiro atoms. The van der Waals surface area contributed by atoms with Gasteiger partial charge in [-0.25, -0.2) is 15.0 Å². The van der Waals surface area contributed by atoms with E-state index in [4.69, 9.17) is 23.2 Å². The Morgan fingerprint density at radius 1 is 1.20 bits per heavy atom. The second-order valence-corrected chi connectivity index (χ2v) is 6.99. The minimum Gasteiger partial charge on any atom is -0.320 e. The highest BCUT2D eigenvalue weighted by Gasteiger charge is 2.14. The van der Waals surface area contributed by atoms with E-state index in [0.717, 1.165) is 5.56 Å². The van der Waals surface area contributed by atoms with E-state index in [1.54, 1.807) is 19.1 Å². The van der Waals surface area contributed by atoms with Gasteiger partial charge in [0.15, 0.2) is 5.13 Å². The number of benzene rings is 1. The fourth-order valence-electron chi connectivity index (χ4n) is 2.11. The second kappa shape index (κ2) is 7.35. The summed E-state index contributed by atoms with van der Waals surface area (Å²) in [6, 6.07) is 7.02. The molecular formula is C16H13Cl2N5OS. The number of halogens is 2. The zero-order chi connectivity index (χ0) is 18.0. The molecule has 2 N–H and O–H groups in total. The Balaban J connectivity index is 1.75. The van der Waals surface area contributed by atoms with E-state index >= 15 is 0 Å². The van der Waals surface area contributed by atoms with E-state index in [-0.39, 0.29) is 5.91 Å². The van der Waals surface area contributed by atoms with Gasteiger partial charge in [0, 0.05) is 6.07 Å². The van der Waals surface area contributed by atoms with E-state index in [1.807, 2.05) is 19.1 Å². The third-order valence-electron chi connectivity index (χ3n) is 3.23. The molecule has 2 aromatic heterocycles. The zero-order valence-corrected chi connectivity index (χ0v) is 15.6. The lowest BCUT2D eigenvalue weighted by molar-refractivity contribution is 0.103. The summed E-state index contributed by atoms with van der Waals surface area (Å²) in [5.41, 5.74) is 1.48. The number of carbonyl (C=O) groups is 1. The van der Waals surface area contributed by atoms with Crippen molar-refractivity contribution in [2.45, 2.75) is 13.8 Å². The maximum Gasteiger partial charge on any atom is 0.267 e. The van der Waals surface area contributed by atoms with Crippen LogP contribution in [0.2, 0.25) is 10.2 Å². The van der Waals surface area contributed by atoms with Crippen LogP contribution in [0, 0.1) is 13.8 Å². The summed E-state index contributed by atoms with van der Waals surface area (Å²) >= 11 is 13.2. The molecule has 0 aliphatic carbocycles. The van der Waals surface area contributed by atoms with Crippen LogP contribution in [0.1, 0.15) is 21.1 Å². The number of hydrogen-bond donors (Lipinski definition) is 2. The summed E-state index contributed by atoms with van der Waals surface area (Å²) in [6.45, 7) is 3.62. The van der Waals surface area contributed by atoms with Crippen LogP contribution < -0.4 is 10.6 Å². The molecule has 0 atom stereocenters. The highest BCUT2D eigenvalue weighted by molar-refractivity contribution is 7.17.